The minimum absolute atomic E-state index is 0.0353. The van der Waals surface area contributed by atoms with Gasteiger partial charge in [0.2, 0.25) is 0 Å². The predicted molar refractivity (Wildman–Crippen MR) is 97.6 cm³/mol. The molecule has 1 aromatic carbocycles. The summed E-state index contributed by atoms with van der Waals surface area (Å²) < 4.78 is 6.93. The number of rotatable bonds is 4. The van der Waals surface area contributed by atoms with E-state index in [1.165, 1.54) is 0 Å². The maximum atomic E-state index is 6.25. The molecule has 0 aliphatic rings. The van der Waals surface area contributed by atoms with E-state index in [0.717, 1.165) is 20.0 Å². The molecule has 0 saturated carbocycles. The Labute approximate surface area is 150 Å². The van der Waals surface area contributed by atoms with Gasteiger partial charge < -0.3 is 4.74 Å². The average Bonchev–Trinajstić information content (AvgIpc) is 2.38. The Bertz CT molecular complexity index is 649. The molecular formula is C14H13BrCl2INO. The molecule has 1 aromatic heterocycles. The summed E-state index contributed by atoms with van der Waals surface area (Å²) >= 11 is 17.9. The summed E-state index contributed by atoms with van der Waals surface area (Å²) in [5.74, 6) is 0.738. The molecule has 0 amide bonds. The lowest BCUT2D eigenvalue weighted by atomic mass is 9.98. The molecule has 0 atom stereocenters. The number of hydrogen-bond acceptors (Lipinski definition) is 2. The summed E-state index contributed by atoms with van der Waals surface area (Å²) in [6.07, 6.45) is 0. The molecule has 0 fully saturated rings. The third-order valence-corrected chi connectivity index (χ3v) is 5.62. The topological polar surface area (TPSA) is 22.1 Å². The van der Waals surface area contributed by atoms with Crippen molar-refractivity contribution in [3.63, 3.8) is 0 Å². The lowest BCUT2D eigenvalue weighted by Crippen LogP contribution is -2.23. The van der Waals surface area contributed by atoms with Crippen LogP contribution in [-0.4, -0.2) is 16.9 Å². The second-order valence-corrected chi connectivity index (χ2v) is 7.80. The number of pyridine rings is 1. The molecule has 1 heterocycles. The van der Waals surface area contributed by atoms with E-state index < -0.39 is 0 Å². The van der Waals surface area contributed by atoms with Gasteiger partial charge in [0.05, 0.1) is 15.2 Å². The maximum absolute atomic E-state index is 6.25. The number of fused-ring (bicyclic) bond motifs is 1. The minimum atomic E-state index is 0.0353. The van der Waals surface area contributed by atoms with Gasteiger partial charge in [0, 0.05) is 16.1 Å². The standard InChI is InChI=1S/C14H13BrCl2INO/c1-14(2,6-15)7-20-13-10(18)5-9(16)8-3-4-11(17)19-12(8)13/h3-5H,6-7H2,1-2H3. The Morgan fingerprint density at radius 1 is 1.35 bits per heavy atom. The number of nitrogens with zero attached hydrogens (tertiary/aromatic N) is 1. The van der Waals surface area contributed by atoms with E-state index in [4.69, 9.17) is 27.9 Å². The van der Waals surface area contributed by atoms with Gasteiger partial charge in [0.1, 0.15) is 10.7 Å². The first kappa shape index (κ1) is 16.6. The second kappa shape index (κ2) is 6.55. The van der Waals surface area contributed by atoms with Crippen LogP contribution in [0.5, 0.6) is 5.75 Å². The van der Waals surface area contributed by atoms with Crippen LogP contribution in [0.15, 0.2) is 18.2 Å². The van der Waals surface area contributed by atoms with E-state index >= 15 is 0 Å². The highest BCUT2D eigenvalue weighted by molar-refractivity contribution is 14.1. The fourth-order valence-electron chi connectivity index (χ4n) is 1.61. The fourth-order valence-corrected chi connectivity index (χ4v) is 3.09. The Morgan fingerprint density at radius 3 is 2.70 bits per heavy atom. The molecule has 0 spiro atoms. The van der Waals surface area contributed by atoms with Crippen molar-refractivity contribution in [3.05, 3.63) is 31.9 Å². The number of aromatic nitrogens is 1. The van der Waals surface area contributed by atoms with Crippen LogP contribution in [-0.2, 0) is 0 Å². The summed E-state index contributed by atoms with van der Waals surface area (Å²) in [6.45, 7) is 4.85. The molecule has 2 aromatic rings. The number of benzene rings is 1. The lowest BCUT2D eigenvalue weighted by molar-refractivity contribution is 0.203. The van der Waals surface area contributed by atoms with E-state index in [1.807, 2.05) is 12.1 Å². The Hall–Kier alpha value is 0.220. The molecule has 0 unspecified atom stereocenters. The van der Waals surface area contributed by atoms with Crippen molar-refractivity contribution in [2.24, 2.45) is 5.41 Å². The highest BCUT2D eigenvalue weighted by atomic mass is 127. The SMILES string of the molecule is CC(C)(CBr)COc1c(I)cc(Cl)c2ccc(Cl)nc12. The minimum Gasteiger partial charge on any atom is -0.490 e. The van der Waals surface area contributed by atoms with Crippen molar-refractivity contribution in [1.82, 2.24) is 4.98 Å². The number of ether oxygens (including phenoxy) is 1. The van der Waals surface area contributed by atoms with Gasteiger partial charge in [-0.15, -0.1) is 0 Å². The van der Waals surface area contributed by atoms with E-state index in [-0.39, 0.29) is 5.41 Å². The molecule has 6 heteroatoms. The highest BCUT2D eigenvalue weighted by Crippen LogP contribution is 2.36. The number of halogens is 4. The van der Waals surface area contributed by atoms with Gasteiger partial charge in [-0.1, -0.05) is 53.0 Å². The first-order chi connectivity index (χ1) is 9.34. The smallest absolute Gasteiger partial charge is 0.159 e. The molecule has 0 aliphatic heterocycles. The van der Waals surface area contributed by atoms with Crippen molar-refractivity contribution in [3.8, 4) is 5.75 Å². The van der Waals surface area contributed by atoms with E-state index in [1.54, 1.807) is 6.07 Å². The molecule has 0 aliphatic carbocycles. The van der Waals surface area contributed by atoms with Crippen LogP contribution in [0.3, 0.4) is 0 Å². The normalized spacial score (nSPS) is 11.9. The average molecular weight is 489 g/mol. The Balaban J connectivity index is 2.49. The van der Waals surface area contributed by atoms with Gasteiger partial charge in [-0.25, -0.2) is 4.98 Å². The zero-order chi connectivity index (χ0) is 14.9. The molecule has 0 bridgehead atoms. The predicted octanol–water partition coefficient (Wildman–Crippen LogP) is 5.95. The summed E-state index contributed by atoms with van der Waals surface area (Å²) in [5.41, 5.74) is 0.743. The largest absolute Gasteiger partial charge is 0.490 e. The lowest BCUT2D eigenvalue weighted by Gasteiger charge is -2.23. The Morgan fingerprint density at radius 2 is 2.05 bits per heavy atom. The van der Waals surface area contributed by atoms with Crippen molar-refractivity contribution < 1.29 is 4.74 Å². The van der Waals surface area contributed by atoms with E-state index in [2.05, 4.69) is 57.4 Å². The quantitative estimate of drug-likeness (QED) is 0.301. The third kappa shape index (κ3) is 3.70. The van der Waals surface area contributed by atoms with Gasteiger partial charge in [-0.3, -0.25) is 0 Å². The monoisotopic (exact) mass is 487 g/mol. The molecule has 0 N–H and O–H groups in total. The van der Waals surface area contributed by atoms with Crippen LogP contribution in [0.4, 0.5) is 0 Å². The van der Waals surface area contributed by atoms with Gasteiger partial charge in [-0.05, 0) is 40.8 Å². The maximum Gasteiger partial charge on any atom is 0.159 e. The zero-order valence-corrected chi connectivity index (χ0v) is 16.3. The summed E-state index contributed by atoms with van der Waals surface area (Å²) in [4.78, 5) is 4.36. The van der Waals surface area contributed by atoms with Crippen LogP contribution >= 0.6 is 61.7 Å². The van der Waals surface area contributed by atoms with Gasteiger partial charge >= 0.3 is 0 Å². The van der Waals surface area contributed by atoms with Crippen molar-refractivity contribution in [1.29, 1.82) is 0 Å². The zero-order valence-electron chi connectivity index (χ0n) is 11.0. The van der Waals surface area contributed by atoms with Crippen LogP contribution in [0.25, 0.3) is 10.9 Å². The van der Waals surface area contributed by atoms with E-state index in [0.29, 0.717) is 22.3 Å². The molecule has 108 valence electrons. The van der Waals surface area contributed by atoms with Gasteiger partial charge in [0.25, 0.3) is 0 Å². The molecule has 2 rings (SSSR count). The van der Waals surface area contributed by atoms with Crippen LogP contribution < -0.4 is 4.74 Å². The number of hydrogen-bond donors (Lipinski definition) is 0. The molecule has 20 heavy (non-hydrogen) atoms. The fraction of sp³-hybridized carbons (Fsp3) is 0.357. The van der Waals surface area contributed by atoms with Crippen molar-refractivity contribution in [2.45, 2.75) is 13.8 Å². The Kier molecular flexibility index (Phi) is 5.43. The second-order valence-electron chi connectivity index (χ2n) is 5.29. The summed E-state index contributed by atoms with van der Waals surface area (Å²) in [6, 6.07) is 5.48. The van der Waals surface area contributed by atoms with Crippen molar-refractivity contribution in [2.75, 3.05) is 11.9 Å². The summed E-state index contributed by atoms with van der Waals surface area (Å²) in [7, 11) is 0. The van der Waals surface area contributed by atoms with E-state index in [9.17, 15) is 0 Å². The van der Waals surface area contributed by atoms with Crippen LogP contribution in [0.2, 0.25) is 10.2 Å². The van der Waals surface area contributed by atoms with Crippen LogP contribution in [0, 0.1) is 8.99 Å². The number of alkyl halides is 1. The first-order valence-corrected chi connectivity index (χ1v) is 8.93. The molecule has 0 radical (unpaired) electrons. The first-order valence-electron chi connectivity index (χ1n) is 5.97. The molecular weight excluding hydrogens is 476 g/mol. The van der Waals surface area contributed by atoms with Crippen LogP contribution in [0.1, 0.15) is 13.8 Å². The third-order valence-electron chi connectivity index (χ3n) is 2.77. The van der Waals surface area contributed by atoms with Gasteiger partial charge in [0.15, 0.2) is 5.75 Å². The molecule has 0 saturated heterocycles. The van der Waals surface area contributed by atoms with Gasteiger partial charge in [-0.2, -0.15) is 0 Å². The van der Waals surface area contributed by atoms with Crippen molar-refractivity contribution >= 4 is 72.6 Å². The molecule has 2 nitrogen and oxygen atoms in total. The summed E-state index contributed by atoms with van der Waals surface area (Å²) in [5, 5.41) is 2.79. The highest BCUT2D eigenvalue weighted by Gasteiger charge is 2.20.